The Morgan fingerprint density at radius 2 is 0.633 bits per heavy atom. The molecule has 0 saturated heterocycles. The second-order valence-electron chi connectivity index (χ2n) is 11.6. The van der Waals surface area contributed by atoms with E-state index in [2.05, 4.69) is 65.2 Å². The Morgan fingerprint density at radius 3 is 1.12 bits per heavy atom. The van der Waals surface area contributed by atoms with E-state index in [1.165, 1.54) is 10.8 Å². The predicted octanol–water partition coefficient (Wildman–Crippen LogP) is 9.49. The summed E-state index contributed by atoms with van der Waals surface area (Å²) in [5.41, 5.74) is 6.63. The van der Waals surface area contributed by atoms with E-state index in [0.717, 1.165) is 39.0 Å². The molecule has 6 aromatic carbocycles. The third-order valence-corrected chi connectivity index (χ3v) is 8.53. The first-order valence-corrected chi connectivity index (χ1v) is 16.1. The molecule has 0 aliphatic rings. The van der Waals surface area contributed by atoms with E-state index in [0.29, 0.717) is 34.9 Å². The second-order valence-corrected chi connectivity index (χ2v) is 11.6. The van der Waals surface area contributed by atoms with Crippen LogP contribution in [-0.4, -0.2) is 34.5 Å². The van der Waals surface area contributed by atoms with Crippen LogP contribution in [0.15, 0.2) is 164 Å². The van der Waals surface area contributed by atoms with Crippen LogP contribution in [0.2, 0.25) is 0 Å². The molecule has 0 N–H and O–H groups in total. The molecule has 0 radical (unpaired) electrons. The molecule has 0 aliphatic carbocycles. The van der Waals surface area contributed by atoms with Crippen molar-refractivity contribution in [3.05, 3.63) is 164 Å². The fourth-order valence-corrected chi connectivity index (χ4v) is 6.26. The number of rotatable bonds is 6. The van der Waals surface area contributed by atoms with Crippen LogP contribution >= 0.6 is 0 Å². The van der Waals surface area contributed by atoms with Crippen molar-refractivity contribution in [2.45, 2.75) is 0 Å². The molecule has 0 atom stereocenters. The zero-order valence-electron chi connectivity index (χ0n) is 26.2. The van der Waals surface area contributed by atoms with Crippen LogP contribution in [-0.2, 0) is 0 Å². The quantitative estimate of drug-likeness (QED) is 0.182. The Balaban J connectivity index is 1.30. The average molecular weight is 630 g/mol. The monoisotopic (exact) mass is 629 g/mol. The Morgan fingerprint density at radius 1 is 0.286 bits per heavy atom. The minimum absolute atomic E-state index is 0.359. The van der Waals surface area contributed by atoms with Crippen molar-refractivity contribution in [3.63, 3.8) is 0 Å². The first-order chi connectivity index (χ1) is 24.3. The van der Waals surface area contributed by atoms with Crippen molar-refractivity contribution < 1.29 is 0 Å². The molecule has 0 unspecified atom stereocenters. The van der Waals surface area contributed by atoms with Crippen molar-refractivity contribution in [1.82, 2.24) is 34.5 Å². The highest BCUT2D eigenvalue weighted by atomic mass is 15.1. The van der Waals surface area contributed by atoms with Gasteiger partial charge in [0.05, 0.1) is 16.7 Å². The Hall–Kier alpha value is -6.86. The van der Waals surface area contributed by atoms with E-state index in [4.69, 9.17) is 29.9 Å². The SMILES string of the molecule is c1ccc(-c2nc(-c3ccccc3)nc(-c3nc(-c4ccccc4)nc(-c4ccccc4-n4c5ccccc5c5ccccc54)n3)n2)cc1. The van der Waals surface area contributed by atoms with Crippen LogP contribution in [0.5, 0.6) is 0 Å². The Labute approximate surface area is 282 Å². The summed E-state index contributed by atoms with van der Waals surface area (Å²) in [6.07, 6.45) is 0. The number of aromatic nitrogens is 7. The van der Waals surface area contributed by atoms with Gasteiger partial charge in [-0.25, -0.2) is 29.9 Å². The van der Waals surface area contributed by atoms with Gasteiger partial charge in [-0.1, -0.05) is 140 Å². The molecular weight excluding hydrogens is 603 g/mol. The number of hydrogen-bond acceptors (Lipinski definition) is 6. The molecule has 7 nitrogen and oxygen atoms in total. The molecule has 3 heterocycles. The van der Waals surface area contributed by atoms with Gasteiger partial charge in [-0.15, -0.1) is 0 Å². The predicted molar refractivity (Wildman–Crippen MR) is 195 cm³/mol. The number of nitrogens with zero attached hydrogens (tertiary/aromatic N) is 7. The fraction of sp³-hybridized carbons (Fsp3) is 0. The Bertz CT molecular complexity index is 2490. The molecule has 0 spiro atoms. The van der Waals surface area contributed by atoms with Crippen molar-refractivity contribution in [2.24, 2.45) is 0 Å². The van der Waals surface area contributed by atoms with Gasteiger partial charge in [-0.3, -0.25) is 0 Å². The number of hydrogen-bond donors (Lipinski definition) is 0. The summed E-state index contributed by atoms with van der Waals surface area (Å²) in [6.45, 7) is 0. The molecule has 49 heavy (non-hydrogen) atoms. The molecule has 230 valence electrons. The van der Waals surface area contributed by atoms with Crippen LogP contribution in [0.3, 0.4) is 0 Å². The first kappa shape index (κ1) is 28.4. The van der Waals surface area contributed by atoms with E-state index in [-0.39, 0.29) is 0 Å². The highest BCUT2D eigenvalue weighted by molar-refractivity contribution is 6.09. The maximum atomic E-state index is 5.11. The molecular formula is C42H27N7. The summed E-state index contributed by atoms with van der Waals surface area (Å²) in [6, 6.07) is 54.9. The summed E-state index contributed by atoms with van der Waals surface area (Å²) in [4.78, 5) is 29.9. The van der Waals surface area contributed by atoms with Crippen LogP contribution in [0.25, 0.3) is 84.7 Å². The van der Waals surface area contributed by atoms with Crippen LogP contribution in [0, 0.1) is 0 Å². The zero-order chi connectivity index (χ0) is 32.6. The maximum Gasteiger partial charge on any atom is 0.202 e. The molecule has 0 aliphatic heterocycles. The number of para-hydroxylation sites is 3. The molecule has 9 aromatic rings. The first-order valence-electron chi connectivity index (χ1n) is 16.1. The number of benzene rings is 6. The van der Waals surface area contributed by atoms with Gasteiger partial charge in [-0.05, 0) is 24.3 Å². The van der Waals surface area contributed by atoms with Gasteiger partial charge in [0.2, 0.25) is 11.6 Å². The molecule has 0 fully saturated rings. The maximum absolute atomic E-state index is 5.11. The van der Waals surface area contributed by atoms with Gasteiger partial charge in [-0.2, -0.15) is 0 Å². The average Bonchev–Trinajstić information content (AvgIpc) is 3.53. The van der Waals surface area contributed by atoms with Gasteiger partial charge in [0.25, 0.3) is 0 Å². The highest BCUT2D eigenvalue weighted by Gasteiger charge is 2.21. The van der Waals surface area contributed by atoms with Crippen LogP contribution in [0.4, 0.5) is 0 Å². The summed E-state index contributed by atoms with van der Waals surface area (Å²) in [7, 11) is 0. The molecule has 0 amide bonds. The standard InChI is InChI=1S/C42H27N7/c1-4-16-28(17-5-1)37-43-38(29-18-6-2-7-19-29)46-41(45-37)42-47-39(30-20-8-3-9-21-30)44-40(48-42)33-24-12-15-27-36(33)49-34-25-13-10-22-31(34)32-23-11-14-26-35(32)49/h1-27H. The van der Waals surface area contributed by atoms with E-state index in [9.17, 15) is 0 Å². The third kappa shape index (κ3) is 5.20. The van der Waals surface area contributed by atoms with Crippen molar-refractivity contribution in [1.29, 1.82) is 0 Å². The van der Waals surface area contributed by atoms with Crippen molar-refractivity contribution in [3.8, 4) is 62.9 Å². The number of fused-ring (bicyclic) bond motifs is 3. The molecule has 0 bridgehead atoms. The van der Waals surface area contributed by atoms with E-state index in [1.54, 1.807) is 0 Å². The lowest BCUT2D eigenvalue weighted by molar-refractivity contribution is 1.00. The normalized spacial score (nSPS) is 11.3. The smallest absolute Gasteiger partial charge is 0.202 e. The fourth-order valence-electron chi connectivity index (χ4n) is 6.26. The van der Waals surface area contributed by atoms with Gasteiger partial charge in [0.1, 0.15) is 0 Å². The molecule has 0 saturated carbocycles. The van der Waals surface area contributed by atoms with E-state index in [1.807, 2.05) is 103 Å². The van der Waals surface area contributed by atoms with Gasteiger partial charge < -0.3 is 4.57 Å². The van der Waals surface area contributed by atoms with E-state index < -0.39 is 0 Å². The Kier molecular flexibility index (Phi) is 6.98. The highest BCUT2D eigenvalue weighted by Crippen LogP contribution is 2.36. The summed E-state index contributed by atoms with van der Waals surface area (Å²) in [5.74, 6) is 2.85. The van der Waals surface area contributed by atoms with E-state index >= 15 is 0 Å². The lowest BCUT2D eigenvalue weighted by atomic mass is 10.1. The van der Waals surface area contributed by atoms with Crippen molar-refractivity contribution >= 4 is 21.8 Å². The lowest BCUT2D eigenvalue weighted by Gasteiger charge is -2.14. The minimum Gasteiger partial charge on any atom is -0.309 e. The van der Waals surface area contributed by atoms with Crippen LogP contribution < -0.4 is 0 Å². The van der Waals surface area contributed by atoms with Crippen LogP contribution in [0.1, 0.15) is 0 Å². The minimum atomic E-state index is 0.359. The topological polar surface area (TPSA) is 82.3 Å². The second kappa shape index (κ2) is 12.1. The zero-order valence-corrected chi connectivity index (χ0v) is 26.2. The summed E-state index contributed by atoms with van der Waals surface area (Å²) < 4.78 is 2.29. The molecule has 9 rings (SSSR count). The van der Waals surface area contributed by atoms with Gasteiger partial charge in [0, 0.05) is 33.0 Å². The third-order valence-electron chi connectivity index (χ3n) is 8.53. The van der Waals surface area contributed by atoms with Crippen molar-refractivity contribution in [2.75, 3.05) is 0 Å². The summed E-state index contributed by atoms with van der Waals surface area (Å²) >= 11 is 0. The van der Waals surface area contributed by atoms with Gasteiger partial charge >= 0.3 is 0 Å². The summed E-state index contributed by atoms with van der Waals surface area (Å²) in [5, 5.41) is 2.36. The molecule has 7 heteroatoms. The lowest BCUT2D eigenvalue weighted by Crippen LogP contribution is -2.06. The molecule has 3 aromatic heterocycles. The largest absolute Gasteiger partial charge is 0.309 e. The van der Waals surface area contributed by atoms with Gasteiger partial charge in [0.15, 0.2) is 23.3 Å².